The highest BCUT2D eigenvalue weighted by Crippen LogP contribution is 2.26. The summed E-state index contributed by atoms with van der Waals surface area (Å²) in [6.07, 6.45) is 0. The summed E-state index contributed by atoms with van der Waals surface area (Å²) >= 11 is 0. The lowest BCUT2D eigenvalue weighted by Gasteiger charge is -2.20. The molecule has 2 rings (SSSR count). The van der Waals surface area contributed by atoms with Gasteiger partial charge in [-0.05, 0) is 26.0 Å². The molecule has 0 aliphatic heterocycles. The Morgan fingerprint density at radius 2 is 1.90 bits per heavy atom. The first-order valence-electron chi connectivity index (χ1n) is 5.96. The maximum absolute atomic E-state index is 13.9. The summed E-state index contributed by atoms with van der Waals surface area (Å²) in [4.78, 5) is 1.43. The van der Waals surface area contributed by atoms with E-state index in [1.54, 1.807) is 27.0 Å². The van der Waals surface area contributed by atoms with Crippen molar-refractivity contribution in [3.63, 3.8) is 0 Å². The van der Waals surface area contributed by atoms with Gasteiger partial charge in [-0.1, -0.05) is 5.16 Å². The van der Waals surface area contributed by atoms with Gasteiger partial charge < -0.3 is 9.42 Å². The molecule has 0 unspecified atom stereocenters. The van der Waals surface area contributed by atoms with Gasteiger partial charge in [-0.2, -0.15) is 5.26 Å². The van der Waals surface area contributed by atoms with Crippen molar-refractivity contribution in [2.45, 2.75) is 20.4 Å². The maximum Gasteiger partial charge on any atom is 0.150 e. The SMILES string of the molecule is Cc1noc(C)c1CN(C)c1c(F)cc(C#N)cc1F. The lowest BCUT2D eigenvalue weighted by Crippen LogP contribution is -2.20. The van der Waals surface area contributed by atoms with Crippen LogP contribution in [0.2, 0.25) is 0 Å². The molecular formula is C14H13F2N3O. The Labute approximate surface area is 115 Å². The van der Waals surface area contributed by atoms with Crippen LogP contribution in [0.15, 0.2) is 16.7 Å². The average molecular weight is 277 g/mol. The van der Waals surface area contributed by atoms with Crippen LogP contribution < -0.4 is 4.90 Å². The normalized spacial score (nSPS) is 10.4. The number of nitriles is 1. The first-order valence-corrected chi connectivity index (χ1v) is 5.96. The second-order valence-electron chi connectivity index (χ2n) is 4.56. The van der Waals surface area contributed by atoms with E-state index in [0.29, 0.717) is 11.5 Å². The number of hydrogen-bond acceptors (Lipinski definition) is 4. The summed E-state index contributed by atoms with van der Waals surface area (Å²) in [5, 5.41) is 12.5. The largest absolute Gasteiger partial charge is 0.365 e. The van der Waals surface area contributed by atoms with E-state index in [1.165, 1.54) is 4.90 Å². The Bertz CT molecular complexity index is 646. The van der Waals surface area contributed by atoms with Crippen LogP contribution in [0.3, 0.4) is 0 Å². The molecule has 0 N–H and O–H groups in total. The quantitative estimate of drug-likeness (QED) is 0.865. The van der Waals surface area contributed by atoms with Gasteiger partial charge in [0.05, 0.1) is 17.3 Å². The van der Waals surface area contributed by atoms with E-state index in [9.17, 15) is 8.78 Å². The highest BCUT2D eigenvalue weighted by Gasteiger charge is 2.18. The number of nitrogens with zero attached hydrogens (tertiary/aromatic N) is 3. The van der Waals surface area contributed by atoms with Crippen LogP contribution in [0.4, 0.5) is 14.5 Å². The summed E-state index contributed by atoms with van der Waals surface area (Å²) < 4.78 is 32.8. The molecule has 0 aliphatic rings. The van der Waals surface area contributed by atoms with Gasteiger partial charge in [0.15, 0.2) is 11.6 Å². The number of benzene rings is 1. The molecule has 0 fully saturated rings. The number of halogens is 2. The number of aromatic nitrogens is 1. The third-order valence-corrected chi connectivity index (χ3v) is 3.10. The number of anilines is 1. The number of aryl methyl sites for hydroxylation is 2. The van der Waals surface area contributed by atoms with Gasteiger partial charge in [-0.25, -0.2) is 8.78 Å². The Balaban J connectivity index is 2.35. The van der Waals surface area contributed by atoms with Gasteiger partial charge in [0, 0.05) is 19.2 Å². The zero-order chi connectivity index (χ0) is 14.9. The molecule has 2 aromatic rings. The Kier molecular flexibility index (Phi) is 3.70. The molecule has 20 heavy (non-hydrogen) atoms. The van der Waals surface area contributed by atoms with Crippen LogP contribution in [0, 0.1) is 36.8 Å². The standard InChI is InChI=1S/C14H13F2N3O/c1-8-11(9(2)20-18-8)7-19(3)14-12(15)4-10(6-17)5-13(14)16/h4-5H,7H2,1-3H3. The molecule has 0 spiro atoms. The van der Waals surface area contributed by atoms with E-state index in [1.807, 2.05) is 0 Å². The van der Waals surface area contributed by atoms with Gasteiger partial charge in [0.25, 0.3) is 0 Å². The topological polar surface area (TPSA) is 53.1 Å². The highest BCUT2D eigenvalue weighted by molar-refractivity contribution is 5.52. The molecule has 0 amide bonds. The van der Waals surface area contributed by atoms with Gasteiger partial charge in [0.2, 0.25) is 0 Å². The zero-order valence-corrected chi connectivity index (χ0v) is 11.4. The smallest absolute Gasteiger partial charge is 0.150 e. The highest BCUT2D eigenvalue weighted by atomic mass is 19.1. The van der Waals surface area contributed by atoms with Crippen molar-refractivity contribution in [2.75, 3.05) is 11.9 Å². The molecule has 0 radical (unpaired) electrons. The molecule has 0 aliphatic carbocycles. The molecular weight excluding hydrogens is 264 g/mol. The first-order chi connectivity index (χ1) is 9.43. The van der Waals surface area contributed by atoms with Gasteiger partial charge in [0.1, 0.15) is 11.4 Å². The van der Waals surface area contributed by atoms with E-state index in [0.717, 1.165) is 17.7 Å². The van der Waals surface area contributed by atoms with Crippen LogP contribution in [0.5, 0.6) is 0 Å². The lowest BCUT2D eigenvalue weighted by molar-refractivity contribution is 0.392. The Morgan fingerprint density at radius 3 is 2.35 bits per heavy atom. The van der Waals surface area contributed by atoms with Crippen LogP contribution >= 0.6 is 0 Å². The molecule has 4 nitrogen and oxygen atoms in total. The fraction of sp³-hybridized carbons (Fsp3) is 0.286. The van der Waals surface area contributed by atoms with Crippen LogP contribution in [0.1, 0.15) is 22.6 Å². The fourth-order valence-electron chi connectivity index (χ4n) is 2.04. The van der Waals surface area contributed by atoms with Crippen molar-refractivity contribution >= 4 is 5.69 Å². The summed E-state index contributed by atoms with van der Waals surface area (Å²) in [5.41, 5.74) is 1.25. The molecule has 0 saturated heterocycles. The van der Waals surface area contributed by atoms with E-state index < -0.39 is 11.6 Å². The molecule has 1 heterocycles. The van der Waals surface area contributed by atoms with Crippen molar-refractivity contribution in [3.05, 3.63) is 46.3 Å². The van der Waals surface area contributed by atoms with Gasteiger partial charge in [-0.15, -0.1) is 0 Å². The van der Waals surface area contributed by atoms with Crippen LogP contribution in [0.25, 0.3) is 0 Å². The molecule has 0 saturated carbocycles. The van der Waals surface area contributed by atoms with Crippen molar-refractivity contribution < 1.29 is 13.3 Å². The predicted molar refractivity (Wildman–Crippen MR) is 69.2 cm³/mol. The average Bonchev–Trinajstić information content (AvgIpc) is 2.69. The Morgan fingerprint density at radius 1 is 1.30 bits per heavy atom. The minimum absolute atomic E-state index is 0.0468. The number of rotatable bonds is 3. The summed E-state index contributed by atoms with van der Waals surface area (Å²) in [7, 11) is 1.57. The third kappa shape index (κ3) is 2.48. The second kappa shape index (κ2) is 5.29. The molecule has 1 aromatic carbocycles. The van der Waals surface area contributed by atoms with E-state index >= 15 is 0 Å². The van der Waals surface area contributed by atoms with Crippen LogP contribution in [-0.2, 0) is 6.54 Å². The van der Waals surface area contributed by atoms with Gasteiger partial charge in [-0.3, -0.25) is 0 Å². The first kappa shape index (κ1) is 14.0. The van der Waals surface area contributed by atoms with Crippen molar-refractivity contribution in [2.24, 2.45) is 0 Å². The minimum Gasteiger partial charge on any atom is -0.365 e. The fourth-order valence-corrected chi connectivity index (χ4v) is 2.04. The predicted octanol–water partition coefficient (Wildman–Crippen LogP) is 3.08. The molecule has 1 aromatic heterocycles. The Hall–Kier alpha value is -2.42. The van der Waals surface area contributed by atoms with Crippen molar-refractivity contribution in [1.29, 1.82) is 5.26 Å². The van der Waals surface area contributed by atoms with Crippen LogP contribution in [-0.4, -0.2) is 12.2 Å². The van der Waals surface area contributed by atoms with Gasteiger partial charge >= 0.3 is 0 Å². The van der Waals surface area contributed by atoms with E-state index in [2.05, 4.69) is 5.16 Å². The molecule has 6 heteroatoms. The molecule has 0 bridgehead atoms. The van der Waals surface area contributed by atoms with E-state index in [4.69, 9.17) is 9.78 Å². The second-order valence-corrected chi connectivity index (χ2v) is 4.56. The minimum atomic E-state index is -0.768. The summed E-state index contributed by atoms with van der Waals surface area (Å²) in [5.74, 6) is -0.921. The zero-order valence-electron chi connectivity index (χ0n) is 11.4. The monoisotopic (exact) mass is 277 g/mol. The van der Waals surface area contributed by atoms with Crippen molar-refractivity contribution in [3.8, 4) is 6.07 Å². The number of hydrogen-bond donors (Lipinski definition) is 0. The maximum atomic E-state index is 13.9. The lowest BCUT2D eigenvalue weighted by atomic mass is 10.1. The third-order valence-electron chi connectivity index (χ3n) is 3.10. The summed E-state index contributed by atoms with van der Waals surface area (Å²) in [6, 6.07) is 3.75. The molecule has 104 valence electrons. The molecule has 0 atom stereocenters. The van der Waals surface area contributed by atoms with Crippen molar-refractivity contribution in [1.82, 2.24) is 5.16 Å². The summed E-state index contributed by atoms with van der Waals surface area (Å²) in [6.45, 7) is 3.78. The van der Waals surface area contributed by atoms with E-state index in [-0.39, 0.29) is 17.8 Å².